The van der Waals surface area contributed by atoms with Crippen LogP contribution in [0.25, 0.3) is 0 Å². The summed E-state index contributed by atoms with van der Waals surface area (Å²) in [6, 6.07) is -1.53. The van der Waals surface area contributed by atoms with Crippen LogP contribution in [0.5, 0.6) is 0 Å². The zero-order valence-corrected chi connectivity index (χ0v) is 31.2. The van der Waals surface area contributed by atoms with Gasteiger partial charge in [0.2, 0.25) is 5.91 Å². The Morgan fingerprint density at radius 3 is 1.20 bits per heavy atom. The van der Waals surface area contributed by atoms with Gasteiger partial charge >= 0.3 is 0 Å². The molecular weight excluding hydrogens is 814 g/mol. The van der Waals surface area contributed by atoms with Crippen LogP contribution < -0.4 is 5.32 Å². The minimum Gasteiger partial charge on any atom is -0.394 e. The average Bonchev–Trinajstić information content (AvgIpc) is 3.21. The van der Waals surface area contributed by atoms with Crippen molar-refractivity contribution in [2.75, 3.05) is 33.0 Å². The first-order chi connectivity index (χ1) is 27.9. The molecule has 17 N–H and O–H groups in total. The monoisotopic (exact) mass is 869 g/mol. The molecular formula is C32H55NO26. The first-order valence-electron chi connectivity index (χ1n) is 18.6. The molecule has 5 fully saturated rings. The largest absolute Gasteiger partial charge is 0.394 e. The van der Waals surface area contributed by atoms with E-state index in [4.69, 9.17) is 42.6 Å². The molecule has 59 heavy (non-hydrogen) atoms. The van der Waals surface area contributed by atoms with Gasteiger partial charge in [0.05, 0.1) is 33.0 Å². The smallest absolute Gasteiger partial charge is 0.217 e. The van der Waals surface area contributed by atoms with Gasteiger partial charge in [0.1, 0.15) is 122 Å². The summed E-state index contributed by atoms with van der Waals surface area (Å²) in [6.07, 6.45) is -44.0. The summed E-state index contributed by atoms with van der Waals surface area (Å²) in [6.45, 7) is -3.50. The lowest BCUT2D eigenvalue weighted by Crippen LogP contribution is -2.69. The zero-order valence-electron chi connectivity index (χ0n) is 31.2. The quantitative estimate of drug-likeness (QED) is 0.0770. The summed E-state index contributed by atoms with van der Waals surface area (Å²) >= 11 is 0. The van der Waals surface area contributed by atoms with Crippen LogP contribution in [0.4, 0.5) is 0 Å². The Kier molecular flexibility index (Phi) is 17.1. The summed E-state index contributed by atoms with van der Waals surface area (Å²) in [7, 11) is 0. The standard InChI is InChI=1S/C32H55NO26/c1-7(39)33-13-16(42)14(40)8(2-34)52-29(13)59-27-15(41)9(3-35)53-32(23(27)49)58-26-12(6-38)55-31(22(48)19(26)45)57-25-11(5-37)54-30(21(47)18(25)44)56-24-10(4-36)51-28(50)20(46)17(24)43/h8-32,34-38,40-50H,2-6H2,1H3,(H,33,39)/t8-,9-,10-,11-,12-,13-,14+,15+,16-,17-,18-,19-,20-,21-,22-,23-,24-,25-,26+,27+,28-,29+,30+,31+,32-/m1/s1. The van der Waals surface area contributed by atoms with E-state index in [1.807, 2.05) is 0 Å². The van der Waals surface area contributed by atoms with Crippen molar-refractivity contribution < 1.29 is 129 Å². The summed E-state index contributed by atoms with van der Waals surface area (Å²) < 4.78 is 49.8. The Morgan fingerprint density at radius 1 is 0.407 bits per heavy atom. The highest BCUT2D eigenvalue weighted by Crippen LogP contribution is 2.35. The van der Waals surface area contributed by atoms with Gasteiger partial charge in [-0.15, -0.1) is 0 Å². The van der Waals surface area contributed by atoms with Crippen molar-refractivity contribution in [3.63, 3.8) is 0 Å². The minimum atomic E-state index is -2.14. The molecule has 1 amide bonds. The first kappa shape index (κ1) is 48.5. The molecule has 0 spiro atoms. The summed E-state index contributed by atoms with van der Waals surface area (Å²) in [5, 5.41) is 170. The Hall–Kier alpha value is -1.53. The van der Waals surface area contributed by atoms with E-state index in [-0.39, 0.29) is 0 Å². The fraction of sp³-hybridized carbons (Fsp3) is 0.969. The SMILES string of the molecule is CC(=O)N[C@H]1[C@H](O[C@H]2[C@@H](O)[C@@H](CO)O[C@H](O[C@@H]3[C@H](O)[C@@H](O)[C@H](O[C@H]4[C@H](O)[C@@H](O)[C@H](O[C@H]5[C@H](O)[C@@H](O)[C@H](O)O[C@@H]5CO)O[C@@H]4CO)O[C@@H]3CO)[C@@H]2O)O[C@H](CO)[C@H](O)[C@@H]1O. The Labute approximate surface area is 333 Å². The van der Waals surface area contributed by atoms with Gasteiger partial charge in [0.25, 0.3) is 0 Å². The second-order valence-electron chi connectivity index (χ2n) is 14.7. The highest BCUT2D eigenvalue weighted by molar-refractivity contribution is 5.73. The van der Waals surface area contributed by atoms with Gasteiger partial charge in [-0.2, -0.15) is 0 Å². The van der Waals surface area contributed by atoms with E-state index in [1.54, 1.807) is 0 Å². The molecule has 344 valence electrons. The van der Waals surface area contributed by atoms with E-state index in [1.165, 1.54) is 0 Å². The van der Waals surface area contributed by atoms with Gasteiger partial charge in [0, 0.05) is 6.92 Å². The molecule has 5 rings (SSSR count). The molecule has 0 aromatic rings. The van der Waals surface area contributed by atoms with Crippen molar-refractivity contribution in [3.05, 3.63) is 0 Å². The molecule has 0 radical (unpaired) electrons. The number of nitrogens with one attached hydrogen (secondary N) is 1. The van der Waals surface area contributed by atoms with Crippen molar-refractivity contribution in [2.45, 2.75) is 160 Å². The van der Waals surface area contributed by atoms with E-state index in [0.717, 1.165) is 6.92 Å². The third-order valence-electron chi connectivity index (χ3n) is 10.7. The van der Waals surface area contributed by atoms with E-state index in [0.29, 0.717) is 0 Å². The van der Waals surface area contributed by atoms with Crippen LogP contribution in [0.3, 0.4) is 0 Å². The number of aliphatic hydroxyl groups excluding tert-OH is 16. The molecule has 0 bridgehead atoms. The van der Waals surface area contributed by atoms with Crippen LogP contribution in [-0.2, 0) is 47.4 Å². The molecule has 0 saturated carbocycles. The highest BCUT2D eigenvalue weighted by Gasteiger charge is 2.56. The predicted octanol–water partition coefficient (Wildman–Crippen LogP) is -11.8. The van der Waals surface area contributed by atoms with Crippen LogP contribution in [0.2, 0.25) is 0 Å². The van der Waals surface area contributed by atoms with Crippen molar-refractivity contribution in [1.29, 1.82) is 0 Å². The molecule has 5 saturated heterocycles. The Morgan fingerprint density at radius 2 is 0.763 bits per heavy atom. The second-order valence-corrected chi connectivity index (χ2v) is 14.7. The third-order valence-corrected chi connectivity index (χ3v) is 10.7. The van der Waals surface area contributed by atoms with E-state index < -0.39 is 192 Å². The van der Waals surface area contributed by atoms with Gasteiger partial charge in [-0.25, -0.2) is 0 Å². The lowest BCUT2D eigenvalue weighted by atomic mass is 9.95. The van der Waals surface area contributed by atoms with Gasteiger partial charge in [-0.3, -0.25) is 4.79 Å². The number of amides is 1. The van der Waals surface area contributed by atoms with E-state index >= 15 is 0 Å². The summed E-state index contributed by atoms with van der Waals surface area (Å²) in [5.41, 5.74) is 0. The maximum Gasteiger partial charge on any atom is 0.217 e. The first-order valence-corrected chi connectivity index (χ1v) is 18.6. The lowest BCUT2D eigenvalue weighted by Gasteiger charge is -2.49. The van der Waals surface area contributed by atoms with Crippen LogP contribution in [-0.4, -0.2) is 274 Å². The number of carbonyl (C=O) groups excluding carboxylic acids is 1. The summed E-state index contributed by atoms with van der Waals surface area (Å²) in [4.78, 5) is 11.9. The van der Waals surface area contributed by atoms with Crippen LogP contribution in [0.1, 0.15) is 6.92 Å². The third kappa shape index (κ3) is 10.2. The average molecular weight is 870 g/mol. The molecule has 0 aromatic heterocycles. The molecule has 27 nitrogen and oxygen atoms in total. The van der Waals surface area contributed by atoms with Gasteiger partial charge in [0.15, 0.2) is 31.5 Å². The predicted molar refractivity (Wildman–Crippen MR) is 178 cm³/mol. The topological polar surface area (TPSA) is 436 Å². The van der Waals surface area contributed by atoms with Gasteiger partial charge in [-0.1, -0.05) is 0 Å². The molecule has 0 aromatic carbocycles. The number of hydrogen-bond donors (Lipinski definition) is 17. The fourth-order valence-electron chi connectivity index (χ4n) is 7.43. The normalized spacial score (nSPS) is 51.0. The number of ether oxygens (including phenoxy) is 9. The van der Waals surface area contributed by atoms with E-state index in [9.17, 15) is 86.5 Å². The molecule has 0 unspecified atom stereocenters. The second kappa shape index (κ2) is 20.8. The maximum atomic E-state index is 11.9. The van der Waals surface area contributed by atoms with Crippen LogP contribution in [0.15, 0.2) is 0 Å². The number of carbonyl (C=O) groups is 1. The molecule has 5 heterocycles. The van der Waals surface area contributed by atoms with Crippen molar-refractivity contribution in [3.8, 4) is 0 Å². The molecule has 0 aliphatic carbocycles. The van der Waals surface area contributed by atoms with Crippen molar-refractivity contribution >= 4 is 5.91 Å². The fourth-order valence-corrected chi connectivity index (χ4v) is 7.43. The van der Waals surface area contributed by atoms with E-state index in [2.05, 4.69) is 5.32 Å². The van der Waals surface area contributed by atoms with Crippen molar-refractivity contribution in [1.82, 2.24) is 5.32 Å². The lowest BCUT2D eigenvalue weighted by molar-refractivity contribution is -0.391. The Bertz CT molecular complexity index is 1320. The number of rotatable bonds is 14. The molecule has 5 aliphatic rings. The Balaban J connectivity index is 1.27. The number of hydrogen-bond acceptors (Lipinski definition) is 26. The molecule has 5 aliphatic heterocycles. The maximum absolute atomic E-state index is 11.9. The minimum absolute atomic E-state index is 0.719. The molecule has 25 atom stereocenters. The zero-order chi connectivity index (χ0) is 43.6. The highest BCUT2D eigenvalue weighted by atomic mass is 16.8. The van der Waals surface area contributed by atoms with Crippen LogP contribution >= 0.6 is 0 Å². The van der Waals surface area contributed by atoms with Crippen LogP contribution in [0, 0.1) is 0 Å². The number of aliphatic hydroxyl groups is 16. The molecule has 27 heteroatoms. The summed E-state index contributed by atoms with van der Waals surface area (Å²) in [5.74, 6) is -0.719. The van der Waals surface area contributed by atoms with Crippen molar-refractivity contribution in [2.24, 2.45) is 0 Å². The van der Waals surface area contributed by atoms with Gasteiger partial charge in [-0.05, 0) is 0 Å². The van der Waals surface area contributed by atoms with Gasteiger partial charge < -0.3 is 130 Å².